The van der Waals surface area contributed by atoms with Crippen LogP contribution >= 0.6 is 11.3 Å². The maximum atomic E-state index is 10.9. The van der Waals surface area contributed by atoms with Crippen molar-refractivity contribution in [3.63, 3.8) is 0 Å². The number of carboxylic acids is 1. The second-order valence-electron chi connectivity index (χ2n) is 4.08. The molecule has 2 aromatic rings. The molecule has 2 rings (SSSR count). The molecule has 1 aromatic heterocycles. The van der Waals surface area contributed by atoms with Crippen LogP contribution < -0.4 is 5.32 Å². The Hall–Kier alpha value is -1.88. The topological polar surface area (TPSA) is 62.2 Å². The number of hydrogen-bond donors (Lipinski definition) is 2. The minimum Gasteiger partial charge on any atom is -0.477 e. The van der Waals surface area contributed by atoms with Gasteiger partial charge in [0.2, 0.25) is 0 Å². The van der Waals surface area contributed by atoms with Gasteiger partial charge in [-0.15, -0.1) is 0 Å². The van der Waals surface area contributed by atoms with Gasteiger partial charge < -0.3 is 10.4 Å². The van der Waals surface area contributed by atoms with Gasteiger partial charge in [-0.05, 0) is 19.4 Å². The average molecular weight is 262 g/mol. The summed E-state index contributed by atoms with van der Waals surface area (Å²) in [7, 11) is 0. The molecule has 1 heterocycles. The van der Waals surface area contributed by atoms with Gasteiger partial charge in [-0.2, -0.15) is 0 Å². The molecule has 0 saturated heterocycles. The Balaban J connectivity index is 2.04. The SMILES string of the molecule is Cc1ccc(CNc2nc(C)c(C(=O)O)s2)cc1. The van der Waals surface area contributed by atoms with Crippen molar-refractivity contribution in [2.45, 2.75) is 20.4 Å². The number of thiazole rings is 1. The van der Waals surface area contributed by atoms with Crippen molar-refractivity contribution in [3.05, 3.63) is 46.0 Å². The molecule has 1 aromatic carbocycles. The van der Waals surface area contributed by atoms with Gasteiger partial charge in [0.25, 0.3) is 0 Å². The third-order valence-electron chi connectivity index (χ3n) is 2.56. The van der Waals surface area contributed by atoms with Crippen molar-refractivity contribution in [1.29, 1.82) is 0 Å². The van der Waals surface area contributed by atoms with Crippen LogP contribution in [-0.2, 0) is 6.54 Å². The second-order valence-corrected chi connectivity index (χ2v) is 5.08. The summed E-state index contributed by atoms with van der Waals surface area (Å²) in [6, 6.07) is 8.18. The number of anilines is 1. The van der Waals surface area contributed by atoms with Crippen molar-refractivity contribution in [3.8, 4) is 0 Å². The Morgan fingerprint density at radius 1 is 1.33 bits per heavy atom. The molecule has 18 heavy (non-hydrogen) atoms. The van der Waals surface area contributed by atoms with Crippen LogP contribution in [-0.4, -0.2) is 16.1 Å². The molecular weight excluding hydrogens is 248 g/mol. The van der Waals surface area contributed by atoms with E-state index in [4.69, 9.17) is 5.11 Å². The summed E-state index contributed by atoms with van der Waals surface area (Å²) >= 11 is 1.17. The number of aromatic carboxylic acids is 1. The minimum atomic E-state index is -0.923. The molecule has 0 aliphatic carbocycles. The summed E-state index contributed by atoms with van der Waals surface area (Å²) < 4.78 is 0. The quantitative estimate of drug-likeness (QED) is 0.889. The molecule has 4 nitrogen and oxygen atoms in total. The molecule has 0 saturated carbocycles. The summed E-state index contributed by atoms with van der Waals surface area (Å²) in [6.07, 6.45) is 0. The van der Waals surface area contributed by atoms with E-state index < -0.39 is 5.97 Å². The number of nitrogens with one attached hydrogen (secondary N) is 1. The third-order valence-corrected chi connectivity index (χ3v) is 3.66. The van der Waals surface area contributed by atoms with E-state index in [2.05, 4.69) is 10.3 Å². The van der Waals surface area contributed by atoms with E-state index >= 15 is 0 Å². The Labute approximate surface area is 109 Å². The number of carbonyl (C=O) groups is 1. The van der Waals surface area contributed by atoms with Gasteiger partial charge in [0, 0.05) is 6.54 Å². The monoisotopic (exact) mass is 262 g/mol. The summed E-state index contributed by atoms with van der Waals surface area (Å²) in [5.74, 6) is -0.923. The molecule has 0 amide bonds. The van der Waals surface area contributed by atoms with Crippen LogP contribution in [0, 0.1) is 13.8 Å². The lowest BCUT2D eigenvalue weighted by molar-refractivity contribution is 0.0701. The van der Waals surface area contributed by atoms with Gasteiger partial charge in [-0.1, -0.05) is 41.2 Å². The molecule has 0 atom stereocenters. The number of aromatic nitrogens is 1. The second kappa shape index (κ2) is 5.18. The maximum Gasteiger partial charge on any atom is 0.347 e. The van der Waals surface area contributed by atoms with Gasteiger partial charge in [0.1, 0.15) is 4.88 Å². The van der Waals surface area contributed by atoms with E-state index in [9.17, 15) is 4.79 Å². The average Bonchev–Trinajstić information content (AvgIpc) is 2.70. The molecule has 5 heteroatoms. The minimum absolute atomic E-state index is 0.293. The standard InChI is InChI=1S/C13H14N2O2S/c1-8-3-5-10(6-4-8)7-14-13-15-9(2)11(18-13)12(16)17/h3-6H,7H2,1-2H3,(H,14,15)(H,16,17). The molecule has 0 unspecified atom stereocenters. The van der Waals surface area contributed by atoms with Crippen LogP contribution in [0.5, 0.6) is 0 Å². The molecule has 94 valence electrons. The zero-order chi connectivity index (χ0) is 13.1. The highest BCUT2D eigenvalue weighted by Crippen LogP contribution is 2.22. The summed E-state index contributed by atoms with van der Waals surface area (Å²) in [4.78, 5) is 15.4. The first-order valence-corrected chi connectivity index (χ1v) is 6.38. The highest BCUT2D eigenvalue weighted by molar-refractivity contribution is 7.17. The highest BCUT2D eigenvalue weighted by atomic mass is 32.1. The van der Waals surface area contributed by atoms with Crippen molar-refractivity contribution in [1.82, 2.24) is 4.98 Å². The molecular formula is C13H14N2O2S. The smallest absolute Gasteiger partial charge is 0.347 e. The van der Waals surface area contributed by atoms with Crippen LogP contribution in [0.1, 0.15) is 26.5 Å². The van der Waals surface area contributed by atoms with E-state index in [-0.39, 0.29) is 0 Å². The first-order valence-electron chi connectivity index (χ1n) is 5.56. The lowest BCUT2D eigenvalue weighted by Gasteiger charge is -2.02. The van der Waals surface area contributed by atoms with Gasteiger partial charge in [-0.25, -0.2) is 9.78 Å². The third kappa shape index (κ3) is 2.87. The number of carboxylic acid groups (broad SMARTS) is 1. The van der Waals surface area contributed by atoms with Gasteiger partial charge >= 0.3 is 5.97 Å². The number of hydrogen-bond acceptors (Lipinski definition) is 4. The number of aryl methyl sites for hydroxylation is 2. The van der Waals surface area contributed by atoms with Gasteiger partial charge in [-0.3, -0.25) is 0 Å². The fourth-order valence-corrected chi connectivity index (χ4v) is 2.35. The van der Waals surface area contributed by atoms with Crippen LogP contribution in [0.25, 0.3) is 0 Å². The Bertz CT molecular complexity index is 561. The van der Waals surface area contributed by atoms with Crippen molar-refractivity contribution in [2.75, 3.05) is 5.32 Å². The van der Waals surface area contributed by atoms with Crippen LogP contribution in [0.2, 0.25) is 0 Å². The zero-order valence-electron chi connectivity index (χ0n) is 10.2. The Kier molecular flexibility index (Phi) is 3.62. The van der Waals surface area contributed by atoms with Gasteiger partial charge in [0.15, 0.2) is 5.13 Å². The van der Waals surface area contributed by atoms with Crippen molar-refractivity contribution < 1.29 is 9.90 Å². The number of rotatable bonds is 4. The van der Waals surface area contributed by atoms with Crippen molar-refractivity contribution >= 4 is 22.4 Å². The first kappa shape index (κ1) is 12.6. The highest BCUT2D eigenvalue weighted by Gasteiger charge is 2.13. The predicted molar refractivity (Wildman–Crippen MR) is 72.3 cm³/mol. The van der Waals surface area contributed by atoms with Crippen molar-refractivity contribution in [2.24, 2.45) is 0 Å². The predicted octanol–water partition coefficient (Wildman–Crippen LogP) is 3.07. The van der Waals surface area contributed by atoms with E-state index in [1.54, 1.807) is 6.92 Å². The molecule has 0 aliphatic rings. The lowest BCUT2D eigenvalue weighted by atomic mass is 10.1. The molecule has 2 N–H and O–H groups in total. The number of benzene rings is 1. The molecule has 0 bridgehead atoms. The normalized spacial score (nSPS) is 10.3. The van der Waals surface area contributed by atoms with E-state index in [0.29, 0.717) is 22.2 Å². The molecule has 0 spiro atoms. The Morgan fingerprint density at radius 3 is 2.56 bits per heavy atom. The molecule has 0 radical (unpaired) electrons. The summed E-state index contributed by atoms with van der Waals surface area (Å²) in [5.41, 5.74) is 2.92. The van der Waals surface area contributed by atoms with Crippen LogP contribution in [0.15, 0.2) is 24.3 Å². The number of nitrogens with zero attached hydrogens (tertiary/aromatic N) is 1. The van der Waals surface area contributed by atoms with Crippen LogP contribution in [0.3, 0.4) is 0 Å². The van der Waals surface area contributed by atoms with E-state index in [1.807, 2.05) is 31.2 Å². The fraction of sp³-hybridized carbons (Fsp3) is 0.231. The van der Waals surface area contributed by atoms with Crippen LogP contribution in [0.4, 0.5) is 5.13 Å². The Morgan fingerprint density at radius 2 is 2.00 bits per heavy atom. The van der Waals surface area contributed by atoms with E-state index in [0.717, 1.165) is 5.56 Å². The molecule has 0 aliphatic heterocycles. The summed E-state index contributed by atoms with van der Waals surface area (Å²) in [6.45, 7) is 4.39. The van der Waals surface area contributed by atoms with E-state index in [1.165, 1.54) is 16.9 Å². The van der Waals surface area contributed by atoms with Gasteiger partial charge in [0.05, 0.1) is 5.69 Å². The first-order chi connectivity index (χ1) is 8.56. The fourth-order valence-electron chi connectivity index (χ4n) is 1.55. The maximum absolute atomic E-state index is 10.9. The lowest BCUT2D eigenvalue weighted by Crippen LogP contribution is -1.98. The zero-order valence-corrected chi connectivity index (χ0v) is 11.0. The largest absolute Gasteiger partial charge is 0.477 e. The molecule has 0 fully saturated rings. The summed E-state index contributed by atoms with van der Waals surface area (Å²) in [5, 5.41) is 12.7.